The number of pyridine rings is 2. The minimum atomic E-state index is -0.645. The van der Waals surface area contributed by atoms with E-state index in [9.17, 15) is 8.78 Å². The van der Waals surface area contributed by atoms with E-state index >= 15 is 0 Å². The van der Waals surface area contributed by atoms with Crippen molar-refractivity contribution in [2.24, 2.45) is 0 Å². The van der Waals surface area contributed by atoms with Gasteiger partial charge in [0.1, 0.15) is 17.5 Å². The first-order chi connectivity index (χ1) is 12.2. The fraction of sp³-hybridized carbons (Fsp3) is 0. The van der Waals surface area contributed by atoms with Crippen LogP contribution in [-0.4, -0.2) is 19.9 Å². The quantitative estimate of drug-likeness (QED) is 0.456. The average Bonchev–Trinajstić information content (AvgIpc) is 3.07. The van der Waals surface area contributed by atoms with Crippen LogP contribution in [0.25, 0.3) is 44.2 Å². The maximum absolute atomic E-state index is 13.6. The summed E-state index contributed by atoms with van der Waals surface area (Å²) >= 11 is 0. The molecule has 5 rings (SSSR count). The lowest BCUT2D eigenvalue weighted by molar-refractivity contribution is 0.584. The Bertz CT molecular complexity index is 1180. The summed E-state index contributed by atoms with van der Waals surface area (Å²) < 4.78 is 27.1. The summed E-state index contributed by atoms with van der Waals surface area (Å²) in [5.74, 6) is -0.892. The van der Waals surface area contributed by atoms with Gasteiger partial charge in [-0.2, -0.15) is 0 Å². The maximum Gasteiger partial charge on any atom is 0.138 e. The van der Waals surface area contributed by atoms with Crippen molar-refractivity contribution >= 4 is 32.8 Å². The van der Waals surface area contributed by atoms with Gasteiger partial charge in [0.2, 0.25) is 0 Å². The molecule has 1 N–H and O–H groups in total. The fourth-order valence-corrected chi connectivity index (χ4v) is 3.17. The number of imidazole rings is 1. The minimum Gasteiger partial charge on any atom is -0.337 e. The smallest absolute Gasteiger partial charge is 0.138 e. The number of halogens is 2. The standard InChI is InChI=1S/C19H10F2N4/c20-11-7-10(8-12(21)9-11)19-24-17-13-3-1-5-22-15(13)16-14(18(17)25-19)4-2-6-23-16/h1-9H,(H,24,25). The lowest BCUT2D eigenvalue weighted by Gasteiger charge is -2.03. The van der Waals surface area contributed by atoms with Crippen molar-refractivity contribution in [2.45, 2.75) is 0 Å². The molecule has 25 heavy (non-hydrogen) atoms. The predicted octanol–water partition coefficient (Wildman–Crippen LogP) is 4.60. The zero-order valence-corrected chi connectivity index (χ0v) is 12.8. The highest BCUT2D eigenvalue weighted by Gasteiger charge is 2.15. The molecular formula is C19H10F2N4. The van der Waals surface area contributed by atoms with E-state index in [2.05, 4.69) is 19.9 Å². The third kappa shape index (κ3) is 2.07. The molecule has 0 amide bonds. The molecule has 0 atom stereocenters. The second-order valence-corrected chi connectivity index (χ2v) is 5.77. The topological polar surface area (TPSA) is 54.5 Å². The Labute approximate surface area is 140 Å². The van der Waals surface area contributed by atoms with E-state index in [-0.39, 0.29) is 0 Å². The summed E-state index contributed by atoms with van der Waals surface area (Å²) in [7, 11) is 0. The predicted molar refractivity (Wildman–Crippen MR) is 92.0 cm³/mol. The van der Waals surface area contributed by atoms with Gasteiger partial charge in [-0.1, -0.05) is 0 Å². The highest BCUT2D eigenvalue weighted by atomic mass is 19.1. The van der Waals surface area contributed by atoms with Gasteiger partial charge in [0.05, 0.1) is 22.1 Å². The molecule has 120 valence electrons. The summed E-state index contributed by atoms with van der Waals surface area (Å²) in [6.45, 7) is 0. The number of hydrogen-bond acceptors (Lipinski definition) is 3. The monoisotopic (exact) mass is 332 g/mol. The van der Waals surface area contributed by atoms with Gasteiger partial charge in [-0.15, -0.1) is 0 Å². The van der Waals surface area contributed by atoms with Gasteiger partial charge in [0, 0.05) is 34.8 Å². The van der Waals surface area contributed by atoms with Crippen molar-refractivity contribution in [3.63, 3.8) is 0 Å². The van der Waals surface area contributed by atoms with E-state index in [1.165, 1.54) is 12.1 Å². The summed E-state index contributed by atoms with van der Waals surface area (Å²) in [4.78, 5) is 16.6. The number of H-pyrrole nitrogens is 1. The Morgan fingerprint density at radius 1 is 0.760 bits per heavy atom. The van der Waals surface area contributed by atoms with Gasteiger partial charge in [-0.25, -0.2) is 13.8 Å². The molecule has 0 fully saturated rings. The van der Waals surface area contributed by atoms with Crippen molar-refractivity contribution in [3.8, 4) is 11.4 Å². The molecule has 2 aromatic carbocycles. The Hall–Kier alpha value is -3.41. The lowest BCUT2D eigenvalue weighted by atomic mass is 10.1. The molecule has 0 unspecified atom stereocenters. The normalized spacial score (nSPS) is 11.6. The number of hydrogen-bond donors (Lipinski definition) is 1. The third-order valence-electron chi connectivity index (χ3n) is 4.20. The molecule has 3 heterocycles. The number of fused-ring (bicyclic) bond motifs is 6. The van der Waals surface area contributed by atoms with E-state index in [1.807, 2.05) is 24.3 Å². The number of rotatable bonds is 1. The molecular weight excluding hydrogens is 322 g/mol. The second kappa shape index (κ2) is 5.04. The Kier molecular flexibility index (Phi) is 2.82. The van der Waals surface area contributed by atoms with Crippen LogP contribution in [0.2, 0.25) is 0 Å². The fourth-order valence-electron chi connectivity index (χ4n) is 3.17. The summed E-state index contributed by atoms with van der Waals surface area (Å²) in [6, 6.07) is 10.8. The van der Waals surface area contributed by atoms with Crippen LogP contribution < -0.4 is 0 Å². The molecule has 0 radical (unpaired) electrons. The van der Waals surface area contributed by atoms with Crippen LogP contribution in [0.3, 0.4) is 0 Å². The van der Waals surface area contributed by atoms with Crippen molar-refractivity contribution in [2.75, 3.05) is 0 Å². The number of benzene rings is 2. The molecule has 0 aliphatic rings. The molecule has 5 aromatic rings. The first-order valence-corrected chi connectivity index (χ1v) is 7.68. The average molecular weight is 332 g/mol. The first kappa shape index (κ1) is 14.0. The minimum absolute atomic E-state index is 0.350. The number of nitrogens with one attached hydrogen (secondary N) is 1. The Morgan fingerprint density at radius 2 is 1.40 bits per heavy atom. The molecule has 0 spiro atoms. The van der Waals surface area contributed by atoms with Crippen LogP contribution in [0.4, 0.5) is 8.78 Å². The Morgan fingerprint density at radius 3 is 2.12 bits per heavy atom. The first-order valence-electron chi connectivity index (χ1n) is 7.68. The SMILES string of the molecule is Fc1cc(F)cc(-c2nc3c4cccnc4c4ncccc4c3[nH]2)c1. The van der Waals surface area contributed by atoms with Crippen LogP contribution in [0, 0.1) is 11.6 Å². The molecule has 0 saturated heterocycles. The van der Waals surface area contributed by atoms with Gasteiger partial charge in [-0.05, 0) is 36.4 Å². The van der Waals surface area contributed by atoms with Crippen LogP contribution >= 0.6 is 0 Å². The van der Waals surface area contributed by atoms with E-state index in [0.717, 1.165) is 33.4 Å². The molecule has 0 bridgehead atoms. The zero-order valence-electron chi connectivity index (χ0n) is 12.8. The van der Waals surface area contributed by atoms with Crippen molar-refractivity contribution in [1.29, 1.82) is 0 Å². The van der Waals surface area contributed by atoms with Gasteiger partial charge >= 0.3 is 0 Å². The molecule has 4 nitrogen and oxygen atoms in total. The number of aromatic nitrogens is 4. The molecule has 0 aliphatic carbocycles. The van der Waals surface area contributed by atoms with Crippen LogP contribution in [0.15, 0.2) is 54.9 Å². The van der Waals surface area contributed by atoms with E-state index in [1.54, 1.807) is 12.4 Å². The van der Waals surface area contributed by atoms with Gasteiger partial charge in [-0.3, -0.25) is 9.97 Å². The van der Waals surface area contributed by atoms with Crippen molar-refractivity contribution in [1.82, 2.24) is 19.9 Å². The second-order valence-electron chi connectivity index (χ2n) is 5.77. The summed E-state index contributed by atoms with van der Waals surface area (Å²) in [5, 5.41) is 1.70. The van der Waals surface area contributed by atoms with Gasteiger partial charge in [0.15, 0.2) is 0 Å². The van der Waals surface area contributed by atoms with E-state index < -0.39 is 11.6 Å². The van der Waals surface area contributed by atoms with Crippen LogP contribution in [0.5, 0.6) is 0 Å². The zero-order chi connectivity index (χ0) is 17.0. The summed E-state index contributed by atoms with van der Waals surface area (Å²) in [6.07, 6.45) is 3.42. The lowest BCUT2D eigenvalue weighted by Crippen LogP contribution is -1.86. The van der Waals surface area contributed by atoms with Crippen molar-refractivity contribution < 1.29 is 8.78 Å². The van der Waals surface area contributed by atoms with Gasteiger partial charge < -0.3 is 4.98 Å². The number of nitrogens with zero attached hydrogens (tertiary/aromatic N) is 3. The van der Waals surface area contributed by atoms with E-state index in [4.69, 9.17) is 0 Å². The largest absolute Gasteiger partial charge is 0.337 e. The molecule has 6 heteroatoms. The number of aromatic amines is 1. The van der Waals surface area contributed by atoms with Crippen molar-refractivity contribution in [3.05, 3.63) is 66.5 Å². The highest BCUT2D eigenvalue weighted by Crippen LogP contribution is 2.33. The molecule has 3 aromatic heterocycles. The van der Waals surface area contributed by atoms with Gasteiger partial charge in [0.25, 0.3) is 0 Å². The molecule has 0 saturated carbocycles. The molecule has 0 aliphatic heterocycles. The Balaban J connectivity index is 1.94. The van der Waals surface area contributed by atoms with Crippen LogP contribution in [-0.2, 0) is 0 Å². The summed E-state index contributed by atoms with van der Waals surface area (Å²) in [5.41, 5.74) is 3.31. The van der Waals surface area contributed by atoms with Crippen LogP contribution in [0.1, 0.15) is 0 Å². The van der Waals surface area contributed by atoms with E-state index in [0.29, 0.717) is 16.9 Å². The maximum atomic E-state index is 13.6. The highest BCUT2D eigenvalue weighted by molar-refractivity contribution is 6.20. The third-order valence-corrected chi connectivity index (χ3v) is 4.20.